The minimum Gasteiger partial charge on any atom is -0.386 e. The van der Waals surface area contributed by atoms with Crippen LogP contribution in [0, 0.1) is 5.92 Å². The highest BCUT2D eigenvalue weighted by molar-refractivity contribution is 6.31. The highest BCUT2D eigenvalue weighted by atomic mass is 35.5. The van der Waals surface area contributed by atoms with Gasteiger partial charge in [0.2, 0.25) is 0 Å². The monoisotopic (exact) mass is 461 g/mol. The van der Waals surface area contributed by atoms with Gasteiger partial charge in [0.05, 0.1) is 11.7 Å². The summed E-state index contributed by atoms with van der Waals surface area (Å²) in [7, 11) is 0. The molecule has 0 amide bonds. The smallest absolute Gasteiger partial charge is 0.185 e. The number of hydrogen-bond acceptors (Lipinski definition) is 3. The van der Waals surface area contributed by atoms with Gasteiger partial charge in [0.1, 0.15) is 0 Å². The molecular formula is C26H49ClFNO2. The van der Waals surface area contributed by atoms with Crippen LogP contribution in [0.15, 0.2) is 34.5 Å². The molecule has 2 atom stereocenters. The van der Waals surface area contributed by atoms with E-state index in [0.717, 1.165) is 42.9 Å². The molecule has 184 valence electrons. The summed E-state index contributed by atoms with van der Waals surface area (Å²) < 4.78 is 22.5. The van der Waals surface area contributed by atoms with Gasteiger partial charge in [-0.3, -0.25) is 4.39 Å². The molecule has 0 aliphatic rings. The Morgan fingerprint density at radius 2 is 1.65 bits per heavy atom. The standard InChI is InChI=1S/C22H40ClNO2.C4H9F/c1-8-13-14-20(22(25-11-4)26-12-5)21(23)16-18(7)24-19(10-3)15-17(6)9-2;1-2-3-4-5/h13-14,16-17,19,22,24H,8-12,15H2,1-7H3;2-4H2,1H3/b14-13+,18-16+,21-20-;. The van der Waals surface area contributed by atoms with Gasteiger partial charge < -0.3 is 14.8 Å². The SMILES string of the molecule is CC/C=C/C(=C(Cl)\C=C(/C)NC(CC)CC(C)CC)C(OCC)OCC.CCCCF. The van der Waals surface area contributed by atoms with Gasteiger partial charge in [-0.05, 0) is 58.4 Å². The lowest BCUT2D eigenvalue weighted by atomic mass is 9.97. The Kier molecular flexibility index (Phi) is 23.3. The van der Waals surface area contributed by atoms with E-state index in [2.05, 4.69) is 46.0 Å². The van der Waals surface area contributed by atoms with E-state index < -0.39 is 6.29 Å². The molecule has 0 saturated carbocycles. The van der Waals surface area contributed by atoms with Crippen molar-refractivity contribution in [3.8, 4) is 0 Å². The first-order valence-electron chi connectivity index (χ1n) is 12.1. The second-order valence-corrected chi connectivity index (χ2v) is 8.13. The molecule has 0 saturated heterocycles. The third-order valence-corrected chi connectivity index (χ3v) is 5.17. The molecule has 0 heterocycles. The first-order valence-corrected chi connectivity index (χ1v) is 12.5. The Bertz CT molecular complexity index is 498. The highest BCUT2D eigenvalue weighted by Crippen LogP contribution is 2.22. The quantitative estimate of drug-likeness (QED) is 0.185. The average molecular weight is 462 g/mol. The van der Waals surface area contributed by atoms with Crippen LogP contribution < -0.4 is 5.32 Å². The van der Waals surface area contributed by atoms with Crippen molar-refractivity contribution in [2.24, 2.45) is 5.92 Å². The molecule has 0 rings (SSSR count). The second kappa shape index (κ2) is 22.4. The zero-order valence-electron chi connectivity index (χ0n) is 21.4. The number of ether oxygens (including phenoxy) is 2. The van der Waals surface area contributed by atoms with Crippen molar-refractivity contribution in [2.75, 3.05) is 19.9 Å². The number of allylic oxidation sites excluding steroid dienone is 4. The van der Waals surface area contributed by atoms with Gasteiger partial charge in [-0.2, -0.15) is 0 Å². The maximum atomic E-state index is 11.0. The molecule has 0 bridgehead atoms. The molecule has 0 fully saturated rings. The summed E-state index contributed by atoms with van der Waals surface area (Å²) >= 11 is 6.66. The van der Waals surface area contributed by atoms with E-state index in [9.17, 15) is 4.39 Å². The molecule has 0 aromatic carbocycles. The van der Waals surface area contributed by atoms with Crippen LogP contribution in [0.2, 0.25) is 0 Å². The molecule has 5 heteroatoms. The van der Waals surface area contributed by atoms with Crippen molar-refractivity contribution in [1.82, 2.24) is 5.32 Å². The summed E-state index contributed by atoms with van der Waals surface area (Å²) in [4.78, 5) is 0. The van der Waals surface area contributed by atoms with Crippen molar-refractivity contribution >= 4 is 11.6 Å². The van der Waals surface area contributed by atoms with E-state index in [-0.39, 0.29) is 6.67 Å². The fraction of sp³-hybridized carbons (Fsp3) is 0.769. The van der Waals surface area contributed by atoms with E-state index in [0.29, 0.717) is 24.3 Å². The zero-order chi connectivity index (χ0) is 24.1. The van der Waals surface area contributed by atoms with Gasteiger partial charge in [-0.1, -0.05) is 71.2 Å². The van der Waals surface area contributed by atoms with Gasteiger partial charge >= 0.3 is 0 Å². The molecule has 0 aromatic rings. The lowest BCUT2D eigenvalue weighted by molar-refractivity contribution is -0.109. The Hall–Kier alpha value is -0.840. The van der Waals surface area contributed by atoms with Gasteiger partial charge in [0, 0.05) is 30.5 Å². The summed E-state index contributed by atoms with van der Waals surface area (Å²) in [6.07, 6.45) is 11.7. The van der Waals surface area contributed by atoms with Crippen molar-refractivity contribution < 1.29 is 13.9 Å². The van der Waals surface area contributed by atoms with Crippen molar-refractivity contribution in [3.05, 3.63) is 34.5 Å². The molecular weight excluding hydrogens is 413 g/mol. The van der Waals surface area contributed by atoms with Crippen LogP contribution in [0.5, 0.6) is 0 Å². The molecule has 0 spiro atoms. The topological polar surface area (TPSA) is 30.5 Å². The van der Waals surface area contributed by atoms with Gasteiger partial charge in [-0.15, -0.1) is 0 Å². The first-order chi connectivity index (χ1) is 14.8. The number of rotatable bonds is 16. The predicted molar refractivity (Wildman–Crippen MR) is 135 cm³/mol. The van der Waals surface area contributed by atoms with Gasteiger partial charge in [-0.25, -0.2) is 0 Å². The summed E-state index contributed by atoms with van der Waals surface area (Å²) in [5.41, 5.74) is 1.94. The predicted octanol–water partition coefficient (Wildman–Crippen LogP) is 8.31. The molecule has 3 nitrogen and oxygen atoms in total. The Morgan fingerprint density at radius 1 is 1.03 bits per heavy atom. The number of nitrogens with one attached hydrogen (secondary N) is 1. The summed E-state index contributed by atoms with van der Waals surface area (Å²) in [5, 5.41) is 4.27. The maximum absolute atomic E-state index is 11.0. The van der Waals surface area contributed by atoms with E-state index in [1.165, 1.54) is 12.8 Å². The van der Waals surface area contributed by atoms with E-state index in [4.69, 9.17) is 21.1 Å². The van der Waals surface area contributed by atoms with Crippen LogP contribution >= 0.6 is 11.6 Å². The largest absolute Gasteiger partial charge is 0.386 e. The number of halogens is 2. The zero-order valence-corrected chi connectivity index (χ0v) is 22.2. The molecule has 0 aromatic heterocycles. The second-order valence-electron chi connectivity index (χ2n) is 7.73. The normalized spacial score (nSPS) is 14.9. The van der Waals surface area contributed by atoms with Crippen LogP contribution in [0.3, 0.4) is 0 Å². The molecule has 0 radical (unpaired) electrons. The van der Waals surface area contributed by atoms with Crippen LogP contribution in [-0.2, 0) is 9.47 Å². The van der Waals surface area contributed by atoms with Gasteiger partial charge in [0.15, 0.2) is 6.29 Å². The van der Waals surface area contributed by atoms with Crippen LogP contribution in [0.1, 0.15) is 93.9 Å². The van der Waals surface area contributed by atoms with Crippen LogP contribution in [0.4, 0.5) is 4.39 Å². The van der Waals surface area contributed by atoms with Gasteiger partial charge in [0.25, 0.3) is 0 Å². The summed E-state index contributed by atoms with van der Waals surface area (Å²) in [5.74, 6) is 0.717. The number of alkyl halides is 1. The van der Waals surface area contributed by atoms with Crippen molar-refractivity contribution in [2.45, 2.75) is 106 Å². The lowest BCUT2D eigenvalue weighted by Gasteiger charge is -2.22. The van der Waals surface area contributed by atoms with E-state index >= 15 is 0 Å². The molecule has 1 N–H and O–H groups in total. The minimum absolute atomic E-state index is 0.156. The third kappa shape index (κ3) is 17.4. The molecule has 31 heavy (non-hydrogen) atoms. The number of unbranched alkanes of at least 4 members (excludes halogenated alkanes) is 1. The van der Waals surface area contributed by atoms with E-state index in [1.54, 1.807) is 0 Å². The maximum Gasteiger partial charge on any atom is 0.185 e. The van der Waals surface area contributed by atoms with Crippen LogP contribution in [-0.4, -0.2) is 32.2 Å². The van der Waals surface area contributed by atoms with Crippen molar-refractivity contribution in [1.29, 1.82) is 0 Å². The third-order valence-electron chi connectivity index (χ3n) is 4.84. The Balaban J connectivity index is 0. The highest BCUT2D eigenvalue weighted by Gasteiger charge is 2.16. The fourth-order valence-corrected chi connectivity index (χ4v) is 3.11. The van der Waals surface area contributed by atoms with Crippen LogP contribution in [0.25, 0.3) is 0 Å². The minimum atomic E-state index is -0.438. The number of hydrogen-bond donors (Lipinski definition) is 1. The van der Waals surface area contributed by atoms with Crippen molar-refractivity contribution in [3.63, 3.8) is 0 Å². The first kappa shape index (κ1) is 32.3. The fourth-order valence-electron chi connectivity index (χ4n) is 2.80. The lowest BCUT2D eigenvalue weighted by Crippen LogP contribution is -2.28. The molecule has 2 unspecified atom stereocenters. The Morgan fingerprint density at radius 3 is 2.03 bits per heavy atom. The summed E-state index contributed by atoms with van der Waals surface area (Å²) in [6.45, 7) is 17.8. The molecule has 0 aliphatic heterocycles. The Labute approximate surface area is 197 Å². The summed E-state index contributed by atoms with van der Waals surface area (Å²) in [6, 6.07) is 0.467. The average Bonchev–Trinajstić information content (AvgIpc) is 2.74. The molecule has 0 aliphatic carbocycles. The van der Waals surface area contributed by atoms with E-state index in [1.807, 2.05) is 32.9 Å².